The van der Waals surface area contributed by atoms with Gasteiger partial charge in [-0.1, -0.05) is 18.2 Å². The smallest absolute Gasteiger partial charge is 0.263 e. The van der Waals surface area contributed by atoms with Crippen molar-refractivity contribution in [3.63, 3.8) is 0 Å². The van der Waals surface area contributed by atoms with Crippen molar-refractivity contribution >= 4 is 22.5 Å². The zero-order valence-corrected chi connectivity index (χ0v) is 12.9. The SMILES string of the molecule is COc1ccc(NC(=O)c2cc3ccccc3n(C)c2=O)cc1. The van der Waals surface area contributed by atoms with E-state index in [1.54, 1.807) is 44.5 Å². The summed E-state index contributed by atoms with van der Waals surface area (Å²) in [5.41, 5.74) is 1.18. The lowest BCUT2D eigenvalue weighted by Crippen LogP contribution is -2.27. The van der Waals surface area contributed by atoms with Gasteiger partial charge in [0.1, 0.15) is 11.3 Å². The molecule has 5 nitrogen and oxygen atoms in total. The topological polar surface area (TPSA) is 60.3 Å². The molecular weight excluding hydrogens is 292 g/mol. The maximum absolute atomic E-state index is 12.4. The zero-order valence-electron chi connectivity index (χ0n) is 12.9. The van der Waals surface area contributed by atoms with E-state index in [4.69, 9.17) is 4.74 Å². The van der Waals surface area contributed by atoms with E-state index in [9.17, 15) is 9.59 Å². The average Bonchev–Trinajstić information content (AvgIpc) is 2.58. The number of aromatic nitrogens is 1. The fraction of sp³-hybridized carbons (Fsp3) is 0.111. The number of nitrogens with one attached hydrogen (secondary N) is 1. The maximum Gasteiger partial charge on any atom is 0.263 e. The number of amides is 1. The summed E-state index contributed by atoms with van der Waals surface area (Å²) in [5, 5.41) is 3.58. The van der Waals surface area contributed by atoms with Crippen molar-refractivity contribution in [2.45, 2.75) is 0 Å². The molecular formula is C18H16N2O3. The molecule has 0 atom stereocenters. The number of hydrogen-bond donors (Lipinski definition) is 1. The molecule has 2 aromatic carbocycles. The summed E-state index contributed by atoms with van der Waals surface area (Å²) in [6, 6.07) is 16.0. The monoisotopic (exact) mass is 308 g/mol. The summed E-state index contributed by atoms with van der Waals surface area (Å²) in [6.07, 6.45) is 0. The number of pyridine rings is 1. The van der Waals surface area contributed by atoms with Crippen molar-refractivity contribution in [2.24, 2.45) is 7.05 Å². The number of fused-ring (bicyclic) bond motifs is 1. The minimum atomic E-state index is -0.429. The van der Waals surface area contributed by atoms with Crippen LogP contribution >= 0.6 is 0 Å². The summed E-state index contributed by atoms with van der Waals surface area (Å²) in [7, 11) is 3.24. The van der Waals surface area contributed by atoms with Gasteiger partial charge in [-0.2, -0.15) is 0 Å². The molecule has 5 heteroatoms. The molecule has 0 saturated carbocycles. The summed E-state index contributed by atoms with van der Waals surface area (Å²) in [4.78, 5) is 24.8. The van der Waals surface area contributed by atoms with E-state index in [0.29, 0.717) is 11.4 Å². The number of carbonyl (C=O) groups excluding carboxylic acids is 1. The molecule has 1 heterocycles. The van der Waals surface area contributed by atoms with Crippen LogP contribution in [0, 0.1) is 0 Å². The molecule has 0 aliphatic rings. The van der Waals surface area contributed by atoms with Crippen molar-refractivity contribution in [1.29, 1.82) is 0 Å². The van der Waals surface area contributed by atoms with Crippen LogP contribution in [-0.4, -0.2) is 17.6 Å². The van der Waals surface area contributed by atoms with Crippen LogP contribution in [0.1, 0.15) is 10.4 Å². The van der Waals surface area contributed by atoms with Crippen LogP contribution in [0.5, 0.6) is 5.75 Å². The first-order chi connectivity index (χ1) is 11.1. The van der Waals surface area contributed by atoms with E-state index in [1.807, 2.05) is 24.3 Å². The highest BCUT2D eigenvalue weighted by atomic mass is 16.5. The number of para-hydroxylation sites is 1. The number of benzene rings is 2. The van der Waals surface area contributed by atoms with Gasteiger partial charge in [0, 0.05) is 12.7 Å². The van der Waals surface area contributed by atoms with E-state index in [-0.39, 0.29) is 11.1 Å². The molecule has 23 heavy (non-hydrogen) atoms. The largest absolute Gasteiger partial charge is 0.497 e. The number of anilines is 1. The van der Waals surface area contributed by atoms with E-state index in [1.165, 1.54) is 4.57 Å². The summed E-state index contributed by atoms with van der Waals surface area (Å²) >= 11 is 0. The number of hydrogen-bond acceptors (Lipinski definition) is 3. The molecule has 1 amide bonds. The van der Waals surface area contributed by atoms with Gasteiger partial charge >= 0.3 is 0 Å². The zero-order chi connectivity index (χ0) is 16.4. The van der Waals surface area contributed by atoms with Gasteiger partial charge in [-0.05, 0) is 41.8 Å². The molecule has 0 radical (unpaired) electrons. The minimum absolute atomic E-state index is 0.113. The Hall–Kier alpha value is -3.08. The summed E-state index contributed by atoms with van der Waals surface area (Å²) in [6.45, 7) is 0. The average molecular weight is 308 g/mol. The van der Waals surface area contributed by atoms with Crippen LogP contribution in [0.2, 0.25) is 0 Å². The summed E-state index contributed by atoms with van der Waals surface area (Å²) < 4.78 is 6.56. The van der Waals surface area contributed by atoms with E-state index in [0.717, 1.165) is 10.9 Å². The van der Waals surface area contributed by atoms with Crippen molar-refractivity contribution < 1.29 is 9.53 Å². The predicted octanol–water partition coefficient (Wildman–Crippen LogP) is 2.80. The van der Waals surface area contributed by atoms with Gasteiger partial charge in [0.2, 0.25) is 0 Å². The number of carbonyl (C=O) groups is 1. The Morgan fingerprint density at radius 3 is 2.48 bits per heavy atom. The van der Waals surface area contributed by atoms with Crippen molar-refractivity contribution in [1.82, 2.24) is 4.57 Å². The van der Waals surface area contributed by atoms with Gasteiger partial charge in [-0.3, -0.25) is 9.59 Å². The Morgan fingerprint density at radius 2 is 1.78 bits per heavy atom. The number of methoxy groups -OCH3 is 1. The van der Waals surface area contributed by atoms with Crippen LogP contribution in [0.15, 0.2) is 59.4 Å². The molecule has 0 bridgehead atoms. The second kappa shape index (κ2) is 5.96. The quantitative estimate of drug-likeness (QED) is 0.809. The van der Waals surface area contributed by atoms with Gasteiger partial charge < -0.3 is 14.6 Å². The highest BCUT2D eigenvalue weighted by molar-refractivity contribution is 6.05. The standard InChI is InChI=1S/C18H16N2O3/c1-20-16-6-4-3-5-12(16)11-15(18(20)22)17(21)19-13-7-9-14(23-2)10-8-13/h3-11H,1-2H3,(H,19,21). The third-order valence-electron chi connectivity index (χ3n) is 3.73. The summed E-state index contributed by atoms with van der Waals surface area (Å²) in [5.74, 6) is 0.270. The van der Waals surface area contributed by atoms with Crippen LogP contribution in [0.4, 0.5) is 5.69 Å². The van der Waals surface area contributed by atoms with E-state index in [2.05, 4.69) is 5.32 Å². The van der Waals surface area contributed by atoms with Crippen LogP contribution in [0.25, 0.3) is 10.9 Å². The normalized spacial score (nSPS) is 10.5. The van der Waals surface area contributed by atoms with E-state index < -0.39 is 5.91 Å². The third-order valence-corrected chi connectivity index (χ3v) is 3.73. The van der Waals surface area contributed by atoms with Gasteiger partial charge in [0.05, 0.1) is 12.6 Å². The molecule has 3 rings (SSSR count). The molecule has 0 aliphatic carbocycles. The lowest BCUT2D eigenvalue weighted by Gasteiger charge is -2.09. The number of ether oxygens (including phenoxy) is 1. The van der Waals surface area contributed by atoms with Crippen LogP contribution in [-0.2, 0) is 7.05 Å². The fourth-order valence-electron chi connectivity index (χ4n) is 2.46. The van der Waals surface area contributed by atoms with Gasteiger partial charge in [0.15, 0.2) is 0 Å². The first-order valence-corrected chi connectivity index (χ1v) is 7.14. The third kappa shape index (κ3) is 2.81. The Balaban J connectivity index is 1.97. The van der Waals surface area contributed by atoms with Gasteiger partial charge in [0.25, 0.3) is 11.5 Å². The van der Waals surface area contributed by atoms with Gasteiger partial charge in [-0.15, -0.1) is 0 Å². The molecule has 0 saturated heterocycles. The molecule has 0 aliphatic heterocycles. The van der Waals surface area contributed by atoms with Crippen molar-refractivity contribution in [3.05, 3.63) is 70.5 Å². The van der Waals surface area contributed by atoms with Crippen molar-refractivity contribution in [3.8, 4) is 5.75 Å². The fourth-order valence-corrected chi connectivity index (χ4v) is 2.46. The second-order valence-corrected chi connectivity index (χ2v) is 5.16. The Labute approximate surface area is 133 Å². The van der Waals surface area contributed by atoms with E-state index >= 15 is 0 Å². The molecule has 1 aromatic heterocycles. The molecule has 0 fully saturated rings. The molecule has 3 aromatic rings. The predicted molar refractivity (Wildman–Crippen MR) is 90.1 cm³/mol. The van der Waals surface area contributed by atoms with Gasteiger partial charge in [-0.25, -0.2) is 0 Å². The first kappa shape index (κ1) is 14.8. The molecule has 0 unspecified atom stereocenters. The number of rotatable bonds is 3. The van der Waals surface area contributed by atoms with Crippen LogP contribution in [0.3, 0.4) is 0 Å². The lowest BCUT2D eigenvalue weighted by atomic mass is 10.1. The Bertz CT molecular complexity index is 927. The molecule has 1 N–H and O–H groups in total. The highest BCUT2D eigenvalue weighted by Crippen LogP contribution is 2.17. The molecule has 116 valence electrons. The highest BCUT2D eigenvalue weighted by Gasteiger charge is 2.14. The molecule has 0 spiro atoms. The Kier molecular flexibility index (Phi) is 3.85. The van der Waals surface area contributed by atoms with Crippen LogP contribution < -0.4 is 15.6 Å². The number of nitrogens with zero attached hydrogens (tertiary/aromatic N) is 1. The number of aryl methyl sites for hydroxylation is 1. The second-order valence-electron chi connectivity index (χ2n) is 5.16. The Morgan fingerprint density at radius 1 is 1.09 bits per heavy atom. The lowest BCUT2D eigenvalue weighted by molar-refractivity contribution is 0.102. The first-order valence-electron chi connectivity index (χ1n) is 7.14. The maximum atomic E-state index is 12.4. The van der Waals surface area contributed by atoms with Crippen molar-refractivity contribution in [2.75, 3.05) is 12.4 Å². The minimum Gasteiger partial charge on any atom is -0.497 e.